The first-order chi connectivity index (χ1) is 10.1. The zero-order chi connectivity index (χ0) is 15.2. The third-order valence-corrected chi connectivity index (χ3v) is 3.34. The van der Waals surface area contributed by atoms with Gasteiger partial charge in [0, 0.05) is 5.02 Å². The van der Waals surface area contributed by atoms with Crippen molar-refractivity contribution in [2.24, 2.45) is 5.73 Å². The van der Waals surface area contributed by atoms with Crippen LogP contribution in [0.5, 0.6) is 0 Å². The van der Waals surface area contributed by atoms with E-state index in [0.717, 1.165) is 11.1 Å². The number of halogens is 2. The fourth-order valence-electron chi connectivity index (χ4n) is 2.17. The molecule has 0 spiro atoms. The number of guanidine groups is 1. The van der Waals surface area contributed by atoms with Gasteiger partial charge in [0.1, 0.15) is 0 Å². The molecule has 2 rings (SSSR count). The molecule has 0 aromatic heterocycles. The molecule has 0 saturated carbocycles. The highest BCUT2D eigenvalue weighted by molar-refractivity contribution is 6.30. The monoisotopic (exact) mass is 337 g/mol. The summed E-state index contributed by atoms with van der Waals surface area (Å²) in [6.07, 6.45) is 0.490. The number of amides is 1. The van der Waals surface area contributed by atoms with E-state index < -0.39 is 5.92 Å². The van der Waals surface area contributed by atoms with Gasteiger partial charge < -0.3 is 5.73 Å². The minimum Gasteiger partial charge on any atom is -0.370 e. The van der Waals surface area contributed by atoms with Crippen LogP contribution in [0.25, 0.3) is 0 Å². The van der Waals surface area contributed by atoms with E-state index in [9.17, 15) is 4.79 Å². The molecule has 0 bridgehead atoms. The Balaban J connectivity index is 0.00000242. The molecule has 2 aromatic rings. The molecule has 116 valence electrons. The van der Waals surface area contributed by atoms with Crippen molar-refractivity contribution in [1.82, 2.24) is 5.32 Å². The zero-order valence-electron chi connectivity index (χ0n) is 11.8. The van der Waals surface area contributed by atoms with E-state index in [0.29, 0.717) is 11.4 Å². The predicted molar refractivity (Wildman–Crippen MR) is 91.6 cm³/mol. The Morgan fingerprint density at radius 3 is 2.45 bits per heavy atom. The highest BCUT2D eigenvalue weighted by atomic mass is 35.5. The molecule has 0 aliphatic carbocycles. The number of benzene rings is 2. The van der Waals surface area contributed by atoms with Gasteiger partial charge in [-0.15, -0.1) is 12.4 Å². The maximum Gasteiger partial charge on any atom is 0.234 e. The number of carbonyl (C=O) groups is 1. The van der Waals surface area contributed by atoms with Crippen molar-refractivity contribution in [3.63, 3.8) is 0 Å². The summed E-state index contributed by atoms with van der Waals surface area (Å²) >= 11 is 5.98. The molecule has 22 heavy (non-hydrogen) atoms. The van der Waals surface area contributed by atoms with Crippen molar-refractivity contribution in [2.75, 3.05) is 0 Å². The molecule has 0 radical (unpaired) electrons. The van der Waals surface area contributed by atoms with Crippen molar-refractivity contribution in [3.8, 4) is 0 Å². The number of hydrogen-bond acceptors (Lipinski definition) is 2. The molecule has 1 unspecified atom stereocenters. The lowest BCUT2D eigenvalue weighted by Gasteiger charge is -2.17. The Hall–Kier alpha value is -2.04. The molecule has 0 heterocycles. The normalized spacial score (nSPS) is 11.1. The summed E-state index contributed by atoms with van der Waals surface area (Å²) in [7, 11) is 0. The largest absolute Gasteiger partial charge is 0.370 e. The van der Waals surface area contributed by atoms with Crippen molar-refractivity contribution in [1.29, 1.82) is 5.41 Å². The second-order valence-electron chi connectivity index (χ2n) is 4.70. The summed E-state index contributed by atoms with van der Waals surface area (Å²) in [5, 5.41) is 10.2. The number of carbonyl (C=O) groups excluding carboxylic acids is 1. The van der Waals surface area contributed by atoms with Gasteiger partial charge in [-0.05, 0) is 29.7 Å². The zero-order valence-corrected chi connectivity index (χ0v) is 13.3. The van der Waals surface area contributed by atoms with Gasteiger partial charge in [0.2, 0.25) is 5.91 Å². The molecule has 4 nitrogen and oxygen atoms in total. The van der Waals surface area contributed by atoms with Crippen molar-refractivity contribution >= 4 is 35.9 Å². The van der Waals surface area contributed by atoms with Gasteiger partial charge in [-0.1, -0.05) is 54.1 Å². The van der Waals surface area contributed by atoms with Gasteiger partial charge in [0.05, 0.1) is 5.92 Å². The average Bonchev–Trinajstić information content (AvgIpc) is 2.45. The van der Waals surface area contributed by atoms with Crippen molar-refractivity contribution in [3.05, 3.63) is 70.7 Å². The number of hydrogen-bond donors (Lipinski definition) is 3. The third-order valence-electron chi connectivity index (χ3n) is 3.11. The molecule has 0 aliphatic rings. The molecule has 4 N–H and O–H groups in total. The summed E-state index contributed by atoms with van der Waals surface area (Å²) in [4.78, 5) is 12.3. The first-order valence-corrected chi connectivity index (χ1v) is 6.88. The Labute approximate surface area is 140 Å². The van der Waals surface area contributed by atoms with Gasteiger partial charge in [-0.2, -0.15) is 0 Å². The lowest BCUT2D eigenvalue weighted by molar-refractivity contribution is -0.121. The maximum atomic E-state index is 12.3. The van der Waals surface area contributed by atoms with Crippen LogP contribution in [0.4, 0.5) is 0 Å². The van der Waals surface area contributed by atoms with Crippen molar-refractivity contribution < 1.29 is 4.79 Å². The van der Waals surface area contributed by atoms with Crippen LogP contribution >= 0.6 is 24.0 Å². The second kappa shape index (κ2) is 8.41. The first kappa shape index (κ1) is 18.0. The molecule has 1 atom stereocenters. The Morgan fingerprint density at radius 2 is 1.86 bits per heavy atom. The molecule has 0 saturated heterocycles. The van der Waals surface area contributed by atoms with Crippen LogP contribution in [0.2, 0.25) is 5.02 Å². The van der Waals surface area contributed by atoms with E-state index in [1.165, 1.54) is 0 Å². The quantitative estimate of drug-likeness (QED) is 0.592. The fraction of sp³-hybridized carbons (Fsp3) is 0.125. The second-order valence-corrected chi connectivity index (χ2v) is 5.14. The van der Waals surface area contributed by atoms with Gasteiger partial charge in [0.15, 0.2) is 5.96 Å². The van der Waals surface area contributed by atoms with Crippen LogP contribution in [0, 0.1) is 5.41 Å². The van der Waals surface area contributed by atoms with Crippen LogP contribution in [-0.4, -0.2) is 11.9 Å². The molecule has 2 aromatic carbocycles. The average molecular weight is 338 g/mol. The summed E-state index contributed by atoms with van der Waals surface area (Å²) in [5.74, 6) is -1.07. The van der Waals surface area contributed by atoms with Crippen molar-refractivity contribution in [2.45, 2.75) is 12.3 Å². The van der Waals surface area contributed by atoms with E-state index in [1.807, 2.05) is 48.5 Å². The minimum atomic E-state index is -0.423. The van der Waals surface area contributed by atoms with Crippen LogP contribution in [0.1, 0.15) is 17.0 Å². The topological polar surface area (TPSA) is 79.0 Å². The molecule has 0 aliphatic heterocycles. The molecule has 6 heteroatoms. The third kappa shape index (κ3) is 5.06. The maximum absolute atomic E-state index is 12.3. The van der Waals surface area contributed by atoms with Crippen LogP contribution in [0.15, 0.2) is 54.6 Å². The Morgan fingerprint density at radius 1 is 1.18 bits per heavy atom. The van der Waals surface area contributed by atoms with E-state index in [4.69, 9.17) is 22.7 Å². The van der Waals surface area contributed by atoms with E-state index in [-0.39, 0.29) is 24.3 Å². The highest BCUT2D eigenvalue weighted by Crippen LogP contribution is 2.22. The lowest BCUT2D eigenvalue weighted by atomic mass is 9.91. The number of nitrogens with one attached hydrogen (secondary N) is 2. The summed E-state index contributed by atoms with van der Waals surface area (Å²) < 4.78 is 0. The van der Waals surface area contributed by atoms with E-state index in [2.05, 4.69) is 5.32 Å². The lowest BCUT2D eigenvalue weighted by Crippen LogP contribution is -2.39. The molecule has 0 fully saturated rings. The molecule has 1 amide bonds. The van der Waals surface area contributed by atoms with E-state index >= 15 is 0 Å². The molecular formula is C16H17Cl2N3O. The fourth-order valence-corrected chi connectivity index (χ4v) is 2.38. The first-order valence-electron chi connectivity index (χ1n) is 6.50. The highest BCUT2D eigenvalue weighted by Gasteiger charge is 2.21. The Bertz CT molecular complexity index is 647. The van der Waals surface area contributed by atoms with Crippen LogP contribution in [0.3, 0.4) is 0 Å². The van der Waals surface area contributed by atoms with Gasteiger partial charge >= 0.3 is 0 Å². The summed E-state index contributed by atoms with van der Waals surface area (Å²) in [6, 6.07) is 16.8. The minimum absolute atomic E-state index is 0. The standard InChI is InChI=1S/C16H16ClN3O.ClH/c17-13-8-4-5-11(9-13)10-14(15(21)20-16(18)19)12-6-2-1-3-7-12;/h1-9,14H,10H2,(H4,18,19,20,21);1H. The van der Waals surface area contributed by atoms with Crippen LogP contribution in [-0.2, 0) is 11.2 Å². The Kier molecular flexibility index (Phi) is 6.89. The van der Waals surface area contributed by atoms with Crippen LogP contribution < -0.4 is 11.1 Å². The summed E-state index contributed by atoms with van der Waals surface area (Å²) in [6.45, 7) is 0. The SMILES string of the molecule is Cl.N=C(N)NC(=O)C(Cc1cccc(Cl)c1)c1ccccc1. The number of nitrogens with two attached hydrogens (primary N) is 1. The van der Waals surface area contributed by atoms with Gasteiger partial charge in [-0.3, -0.25) is 15.5 Å². The van der Waals surface area contributed by atoms with E-state index in [1.54, 1.807) is 6.07 Å². The van der Waals surface area contributed by atoms with Gasteiger partial charge in [-0.25, -0.2) is 0 Å². The van der Waals surface area contributed by atoms with Gasteiger partial charge in [0.25, 0.3) is 0 Å². The predicted octanol–water partition coefficient (Wildman–Crippen LogP) is 3.10. The summed E-state index contributed by atoms with van der Waals surface area (Å²) in [5.41, 5.74) is 7.08. The smallest absolute Gasteiger partial charge is 0.234 e. The number of rotatable bonds is 4. The molecular weight excluding hydrogens is 321 g/mol.